The zero-order valence-corrected chi connectivity index (χ0v) is 12.7. The normalized spacial score (nSPS) is 22.4. The monoisotopic (exact) mass is 293 g/mol. The number of nitrogens with zero attached hydrogens (tertiary/aromatic N) is 2. The lowest BCUT2D eigenvalue weighted by Gasteiger charge is -2.44. The third-order valence-corrected chi connectivity index (χ3v) is 3.62. The molecule has 21 heavy (non-hydrogen) atoms. The molecule has 0 aliphatic carbocycles. The number of aliphatic hydroxyl groups is 1. The molecule has 1 fully saturated rings. The van der Waals surface area contributed by atoms with Crippen LogP contribution in [-0.4, -0.2) is 47.6 Å². The summed E-state index contributed by atoms with van der Waals surface area (Å²) < 4.78 is 5.84. The molecule has 0 amide bonds. The number of amidine groups is 1. The van der Waals surface area contributed by atoms with Gasteiger partial charge in [0.2, 0.25) is 0 Å². The number of para-hydroxylation sites is 1. The number of rotatable bonds is 3. The van der Waals surface area contributed by atoms with Crippen molar-refractivity contribution in [2.24, 2.45) is 10.9 Å². The first-order valence-corrected chi connectivity index (χ1v) is 6.99. The molecule has 0 saturated carbocycles. The Hall–Kier alpha value is -1.79. The van der Waals surface area contributed by atoms with Gasteiger partial charge in [-0.05, 0) is 32.4 Å². The van der Waals surface area contributed by atoms with Crippen LogP contribution < -0.4 is 10.6 Å². The van der Waals surface area contributed by atoms with Crippen LogP contribution in [-0.2, 0) is 4.74 Å². The highest BCUT2D eigenvalue weighted by Crippen LogP contribution is 2.31. The van der Waals surface area contributed by atoms with Crippen LogP contribution in [0.25, 0.3) is 0 Å². The Labute approximate surface area is 124 Å². The lowest BCUT2D eigenvalue weighted by Crippen LogP contribution is -2.54. The number of aryl methyl sites for hydroxylation is 1. The van der Waals surface area contributed by atoms with Crippen LogP contribution in [0.15, 0.2) is 23.4 Å². The van der Waals surface area contributed by atoms with E-state index in [0.717, 1.165) is 11.3 Å². The summed E-state index contributed by atoms with van der Waals surface area (Å²) in [5, 5.41) is 21.5. The summed E-state index contributed by atoms with van der Waals surface area (Å²) in [6.07, 6.45) is -0.256. The van der Waals surface area contributed by atoms with Gasteiger partial charge in [-0.1, -0.05) is 17.3 Å². The van der Waals surface area contributed by atoms with Gasteiger partial charge in [-0.2, -0.15) is 0 Å². The Balaban J connectivity index is 2.45. The van der Waals surface area contributed by atoms with Gasteiger partial charge in [0.1, 0.15) is 0 Å². The highest BCUT2D eigenvalue weighted by atomic mass is 16.5. The maximum absolute atomic E-state index is 9.44. The van der Waals surface area contributed by atoms with Crippen LogP contribution in [0.2, 0.25) is 0 Å². The molecule has 0 bridgehead atoms. The van der Waals surface area contributed by atoms with Crippen molar-refractivity contribution < 1.29 is 15.1 Å². The molecule has 1 unspecified atom stereocenters. The Morgan fingerprint density at radius 3 is 2.86 bits per heavy atom. The average Bonchev–Trinajstić information content (AvgIpc) is 2.44. The largest absolute Gasteiger partial charge is 0.409 e. The molecule has 1 atom stereocenters. The fourth-order valence-electron chi connectivity index (χ4n) is 2.90. The first-order chi connectivity index (χ1) is 9.88. The lowest BCUT2D eigenvalue weighted by molar-refractivity contribution is -0.101. The van der Waals surface area contributed by atoms with E-state index >= 15 is 0 Å². The molecular formula is C15H23N3O3. The van der Waals surface area contributed by atoms with Crippen molar-refractivity contribution >= 4 is 11.5 Å². The molecule has 0 radical (unpaired) electrons. The minimum Gasteiger partial charge on any atom is -0.409 e. The van der Waals surface area contributed by atoms with Gasteiger partial charge in [-0.15, -0.1) is 0 Å². The second-order valence-electron chi connectivity index (χ2n) is 6.02. The standard InChI is InChI=1S/C15H23N3O3/c1-10-5-4-6-12(14(16)17-20)13(10)18-7-11(8-19)21-15(2,3)9-18/h4-6,11,19-20H,7-9H2,1-3H3,(H2,16,17). The lowest BCUT2D eigenvalue weighted by atomic mass is 10.00. The second-order valence-corrected chi connectivity index (χ2v) is 6.02. The SMILES string of the molecule is Cc1cccc(/C(N)=N/O)c1N1CC(CO)OC(C)(C)C1. The van der Waals surface area contributed by atoms with E-state index in [-0.39, 0.29) is 24.1 Å². The Kier molecular flexibility index (Phi) is 4.39. The van der Waals surface area contributed by atoms with Gasteiger partial charge in [-0.25, -0.2) is 0 Å². The minimum atomic E-state index is -0.379. The third-order valence-electron chi connectivity index (χ3n) is 3.62. The Bertz CT molecular complexity index is 543. The third kappa shape index (κ3) is 3.28. The molecule has 1 aromatic rings. The van der Waals surface area contributed by atoms with Crippen molar-refractivity contribution in [1.29, 1.82) is 0 Å². The van der Waals surface area contributed by atoms with E-state index in [2.05, 4.69) is 10.1 Å². The number of benzene rings is 1. The number of hydrogen-bond donors (Lipinski definition) is 3. The van der Waals surface area contributed by atoms with E-state index in [0.29, 0.717) is 18.7 Å². The highest BCUT2D eigenvalue weighted by molar-refractivity contribution is 6.02. The zero-order valence-electron chi connectivity index (χ0n) is 12.7. The van der Waals surface area contributed by atoms with Crippen molar-refractivity contribution in [2.75, 3.05) is 24.6 Å². The van der Waals surface area contributed by atoms with E-state index < -0.39 is 0 Å². The van der Waals surface area contributed by atoms with Crippen LogP contribution in [0, 0.1) is 6.92 Å². The molecule has 1 saturated heterocycles. The van der Waals surface area contributed by atoms with Gasteiger partial charge in [0.15, 0.2) is 5.84 Å². The van der Waals surface area contributed by atoms with Crippen molar-refractivity contribution in [3.05, 3.63) is 29.3 Å². The molecule has 0 aromatic heterocycles. The second kappa shape index (κ2) is 5.91. The van der Waals surface area contributed by atoms with Gasteiger partial charge in [0.25, 0.3) is 0 Å². The molecule has 1 heterocycles. The first kappa shape index (κ1) is 15.6. The zero-order chi connectivity index (χ0) is 15.6. The highest BCUT2D eigenvalue weighted by Gasteiger charge is 2.34. The van der Waals surface area contributed by atoms with E-state index in [4.69, 9.17) is 15.7 Å². The number of ether oxygens (including phenoxy) is 1. The molecule has 1 aliphatic rings. The Morgan fingerprint density at radius 2 is 2.24 bits per heavy atom. The maximum Gasteiger partial charge on any atom is 0.172 e. The molecule has 2 rings (SSSR count). The molecule has 116 valence electrons. The van der Waals surface area contributed by atoms with E-state index in [1.165, 1.54) is 0 Å². The van der Waals surface area contributed by atoms with Crippen LogP contribution in [0.4, 0.5) is 5.69 Å². The van der Waals surface area contributed by atoms with Crippen LogP contribution >= 0.6 is 0 Å². The average molecular weight is 293 g/mol. The van der Waals surface area contributed by atoms with Crippen molar-refractivity contribution in [1.82, 2.24) is 0 Å². The van der Waals surface area contributed by atoms with Gasteiger partial charge in [0, 0.05) is 18.7 Å². The summed E-state index contributed by atoms with van der Waals surface area (Å²) in [4.78, 5) is 2.13. The van der Waals surface area contributed by atoms with Gasteiger partial charge >= 0.3 is 0 Å². The molecule has 1 aliphatic heterocycles. The molecule has 4 N–H and O–H groups in total. The molecule has 1 aromatic carbocycles. The minimum absolute atomic E-state index is 0.0370. The maximum atomic E-state index is 9.44. The number of hydrogen-bond acceptors (Lipinski definition) is 5. The fraction of sp³-hybridized carbons (Fsp3) is 0.533. The Morgan fingerprint density at radius 1 is 1.52 bits per heavy atom. The van der Waals surface area contributed by atoms with Gasteiger partial charge < -0.3 is 25.7 Å². The smallest absolute Gasteiger partial charge is 0.172 e. The number of nitrogens with two attached hydrogens (primary N) is 1. The summed E-state index contributed by atoms with van der Waals surface area (Å²) in [5.41, 5.74) is 8.06. The number of aliphatic hydroxyl groups excluding tert-OH is 1. The first-order valence-electron chi connectivity index (χ1n) is 6.99. The van der Waals surface area contributed by atoms with Crippen LogP contribution in [0.5, 0.6) is 0 Å². The van der Waals surface area contributed by atoms with E-state index in [1.54, 1.807) is 0 Å². The number of morpholine rings is 1. The predicted octanol–water partition coefficient (Wildman–Crippen LogP) is 1.07. The number of anilines is 1. The summed E-state index contributed by atoms with van der Waals surface area (Å²) in [6.45, 7) is 7.16. The molecule has 6 heteroatoms. The summed E-state index contributed by atoms with van der Waals surface area (Å²) >= 11 is 0. The van der Waals surface area contributed by atoms with Gasteiger partial charge in [0.05, 0.1) is 24.0 Å². The quantitative estimate of drug-likeness (QED) is 0.335. The van der Waals surface area contributed by atoms with E-state index in [1.807, 2.05) is 39.0 Å². The topological polar surface area (TPSA) is 91.3 Å². The van der Waals surface area contributed by atoms with Crippen molar-refractivity contribution in [2.45, 2.75) is 32.5 Å². The molecule has 6 nitrogen and oxygen atoms in total. The van der Waals surface area contributed by atoms with Crippen LogP contribution in [0.1, 0.15) is 25.0 Å². The van der Waals surface area contributed by atoms with E-state index in [9.17, 15) is 5.11 Å². The van der Waals surface area contributed by atoms with Crippen molar-refractivity contribution in [3.8, 4) is 0 Å². The van der Waals surface area contributed by atoms with Gasteiger partial charge in [-0.3, -0.25) is 0 Å². The summed E-state index contributed by atoms with van der Waals surface area (Å²) in [6, 6.07) is 5.69. The van der Waals surface area contributed by atoms with Crippen LogP contribution in [0.3, 0.4) is 0 Å². The summed E-state index contributed by atoms with van der Waals surface area (Å²) in [5.74, 6) is 0.0820. The fourth-order valence-corrected chi connectivity index (χ4v) is 2.90. The molecule has 0 spiro atoms. The van der Waals surface area contributed by atoms with Crippen molar-refractivity contribution in [3.63, 3.8) is 0 Å². The summed E-state index contributed by atoms with van der Waals surface area (Å²) in [7, 11) is 0. The number of oxime groups is 1. The molecular weight excluding hydrogens is 270 g/mol. The predicted molar refractivity (Wildman–Crippen MR) is 81.9 cm³/mol.